The number of hydrogen-bond donors (Lipinski definition) is 1. The van der Waals surface area contributed by atoms with Crippen molar-refractivity contribution < 1.29 is 37.3 Å². The summed E-state index contributed by atoms with van der Waals surface area (Å²) in [6, 6.07) is -0.931. The van der Waals surface area contributed by atoms with Crippen LogP contribution in [-0.4, -0.2) is 69.4 Å². The molecule has 3 unspecified atom stereocenters. The Bertz CT molecular complexity index is 1630. The molecule has 0 aliphatic heterocycles. The maximum Gasteiger partial charge on any atom is 0.306 e. The van der Waals surface area contributed by atoms with E-state index in [1.54, 1.807) is 0 Å². The van der Waals surface area contributed by atoms with Crippen LogP contribution in [0.2, 0.25) is 0 Å². The second-order valence-electron chi connectivity index (χ2n) is 23.2. The van der Waals surface area contributed by atoms with E-state index in [0.717, 1.165) is 77.0 Å². The van der Waals surface area contributed by atoms with Crippen LogP contribution in [0.4, 0.5) is 0 Å². The molecule has 3 atom stereocenters. The van der Waals surface area contributed by atoms with Gasteiger partial charge in [-0.25, -0.2) is 0 Å². The number of ether oxygens (including phenoxy) is 1. The number of quaternary nitrogens is 1. The van der Waals surface area contributed by atoms with E-state index >= 15 is 0 Å². The summed E-state index contributed by atoms with van der Waals surface area (Å²) >= 11 is 0. The first-order valence-electron chi connectivity index (χ1n) is 32.9. The van der Waals surface area contributed by atoms with Crippen molar-refractivity contribution >= 4 is 19.7 Å². The van der Waals surface area contributed by atoms with Crippen LogP contribution < -0.4 is 10.2 Å². The standard InChI is InChI=1S/C69H125N2O7P/c1-7-10-13-16-19-22-25-28-30-32-34-35-37-39-41-44-47-50-53-56-59-62-69(73)78-67(60-57-54-51-48-45-42-27-24-21-18-15-12-9-3)66(65-77-79(74,75)76-64-63-71(4,5)6)70-68(72)61-58-55-52-49-46-43-40-38-36-33-31-29-26-23-20-17-14-11-8-2/h11,14,20,23,29,31,36,38,43,46,52,55,57,60,66-67H,7-10,12-13,15-19,21-22,24-28,30,32-35,37,39-42,44-45,47-51,53-54,56,58-59,61-65H2,1-6H3,(H-,70,72,74,75)/b14-11-,23-20-,31-29-,38-36-,46-43-,55-52-,60-57+. The maximum atomic E-state index is 13.5. The van der Waals surface area contributed by atoms with Gasteiger partial charge >= 0.3 is 5.97 Å². The molecule has 0 spiro atoms. The summed E-state index contributed by atoms with van der Waals surface area (Å²) < 4.78 is 30.3. The highest BCUT2D eigenvalue weighted by Gasteiger charge is 2.27. The highest BCUT2D eigenvalue weighted by molar-refractivity contribution is 7.45. The third kappa shape index (κ3) is 59.6. The Kier molecular flexibility index (Phi) is 56.3. The summed E-state index contributed by atoms with van der Waals surface area (Å²) in [4.78, 5) is 40.0. The molecule has 1 amide bonds. The molecule has 1 N–H and O–H groups in total. The normalized spacial score (nSPS) is 14.2. The molecule has 0 aliphatic carbocycles. The van der Waals surface area contributed by atoms with Crippen LogP contribution in [0.1, 0.15) is 290 Å². The zero-order chi connectivity index (χ0) is 57.9. The fourth-order valence-electron chi connectivity index (χ4n) is 9.31. The molecule has 0 radical (unpaired) electrons. The van der Waals surface area contributed by atoms with Gasteiger partial charge in [-0.05, 0) is 70.3 Å². The molecule has 0 saturated heterocycles. The number of phosphoric ester groups is 1. The number of carbonyl (C=O) groups excluding carboxylic acids is 2. The van der Waals surface area contributed by atoms with Crippen LogP contribution >= 0.6 is 7.82 Å². The van der Waals surface area contributed by atoms with Gasteiger partial charge in [-0.3, -0.25) is 14.2 Å². The first-order valence-corrected chi connectivity index (χ1v) is 34.4. The SMILES string of the molecule is CC/C=C\C/C=C\C/C=C\C/C=C\C/C=C\C/C=C\CCC(=O)NC(COP(=O)([O-])OCC[N+](C)(C)C)C(/C=C/CCCCCCCCCCCCC)OC(=O)CCCCCCCCCCCCCCCCCCCCCCC. The molecule has 0 aromatic heterocycles. The Morgan fingerprint density at radius 3 is 1.22 bits per heavy atom. The summed E-state index contributed by atoms with van der Waals surface area (Å²) in [5.74, 6) is -0.632. The fourth-order valence-corrected chi connectivity index (χ4v) is 10.0. The third-order valence-corrected chi connectivity index (χ3v) is 15.3. The van der Waals surface area contributed by atoms with Crippen LogP contribution in [0, 0.1) is 0 Å². The summed E-state index contributed by atoms with van der Waals surface area (Å²) in [5, 5.41) is 2.99. The van der Waals surface area contributed by atoms with Gasteiger partial charge in [0.05, 0.1) is 33.8 Å². The third-order valence-electron chi connectivity index (χ3n) is 14.4. The molecule has 0 saturated carbocycles. The Morgan fingerprint density at radius 2 is 0.823 bits per heavy atom. The Morgan fingerprint density at radius 1 is 0.456 bits per heavy atom. The first kappa shape index (κ1) is 76.2. The Hall–Kier alpha value is -2.81. The quantitative estimate of drug-likeness (QED) is 0.0212. The Balaban J connectivity index is 5.30. The van der Waals surface area contributed by atoms with E-state index < -0.39 is 26.6 Å². The molecule has 0 aromatic rings. The van der Waals surface area contributed by atoms with Crippen LogP contribution in [0.15, 0.2) is 85.1 Å². The highest BCUT2D eigenvalue weighted by atomic mass is 31.2. The van der Waals surface area contributed by atoms with Crippen LogP contribution in [0.5, 0.6) is 0 Å². The van der Waals surface area contributed by atoms with Gasteiger partial charge in [-0.2, -0.15) is 0 Å². The molecule has 9 nitrogen and oxygen atoms in total. The predicted molar refractivity (Wildman–Crippen MR) is 339 cm³/mol. The summed E-state index contributed by atoms with van der Waals surface area (Å²) in [6.07, 6.45) is 77.2. The molecule has 0 aromatic carbocycles. The van der Waals surface area contributed by atoms with Crippen molar-refractivity contribution in [3.63, 3.8) is 0 Å². The molecule has 458 valence electrons. The number of phosphoric acid groups is 1. The Labute approximate surface area is 488 Å². The van der Waals surface area contributed by atoms with Crippen molar-refractivity contribution in [2.45, 2.75) is 303 Å². The number of nitrogens with zero attached hydrogens (tertiary/aromatic N) is 1. The predicted octanol–water partition coefficient (Wildman–Crippen LogP) is 19.9. The average Bonchev–Trinajstić information content (AvgIpc) is 3.41. The number of allylic oxidation sites excluding steroid dienone is 13. The molecule has 0 bridgehead atoms. The van der Waals surface area contributed by atoms with Gasteiger partial charge in [0.1, 0.15) is 19.3 Å². The molecule has 0 heterocycles. The van der Waals surface area contributed by atoms with E-state index in [-0.39, 0.29) is 31.3 Å². The van der Waals surface area contributed by atoms with Gasteiger partial charge in [0, 0.05) is 12.8 Å². The van der Waals surface area contributed by atoms with E-state index in [0.29, 0.717) is 17.4 Å². The number of amides is 1. The molecule has 0 rings (SSSR count). The van der Waals surface area contributed by atoms with Gasteiger partial charge in [0.25, 0.3) is 7.82 Å². The summed E-state index contributed by atoms with van der Waals surface area (Å²) in [7, 11) is 1.14. The van der Waals surface area contributed by atoms with Crippen molar-refractivity contribution in [2.75, 3.05) is 40.9 Å². The number of carbonyl (C=O) groups is 2. The molecule has 0 fully saturated rings. The van der Waals surface area contributed by atoms with Gasteiger partial charge in [0.2, 0.25) is 5.91 Å². The zero-order valence-electron chi connectivity index (χ0n) is 52.3. The minimum atomic E-state index is -4.72. The molecular formula is C69H125N2O7P. The molecular weight excluding hydrogens is 1000 g/mol. The monoisotopic (exact) mass is 1120 g/mol. The lowest BCUT2D eigenvalue weighted by molar-refractivity contribution is -0.870. The van der Waals surface area contributed by atoms with E-state index in [1.165, 1.54) is 173 Å². The minimum Gasteiger partial charge on any atom is -0.756 e. The summed E-state index contributed by atoms with van der Waals surface area (Å²) in [6.45, 7) is 6.70. The number of nitrogens with one attached hydrogen (secondary N) is 1. The van der Waals surface area contributed by atoms with Gasteiger partial charge in [0.15, 0.2) is 0 Å². The fraction of sp³-hybridized carbons (Fsp3) is 0.768. The number of likely N-dealkylation sites (N-methyl/N-ethyl adjacent to an activating group) is 1. The lowest BCUT2D eigenvalue weighted by atomic mass is 10.0. The number of rotatable bonds is 59. The van der Waals surface area contributed by atoms with Gasteiger partial charge in [-0.1, -0.05) is 292 Å². The van der Waals surface area contributed by atoms with Gasteiger partial charge in [-0.15, -0.1) is 0 Å². The number of esters is 1. The van der Waals surface area contributed by atoms with E-state index in [2.05, 4.69) is 86.8 Å². The lowest BCUT2D eigenvalue weighted by Crippen LogP contribution is -2.47. The van der Waals surface area contributed by atoms with E-state index in [4.69, 9.17) is 13.8 Å². The second-order valence-corrected chi connectivity index (χ2v) is 24.7. The van der Waals surface area contributed by atoms with E-state index in [9.17, 15) is 19.0 Å². The average molecular weight is 1130 g/mol. The summed E-state index contributed by atoms with van der Waals surface area (Å²) in [5.41, 5.74) is 0. The maximum absolute atomic E-state index is 13.5. The van der Waals surface area contributed by atoms with Crippen LogP contribution in [0.3, 0.4) is 0 Å². The smallest absolute Gasteiger partial charge is 0.306 e. The zero-order valence-corrected chi connectivity index (χ0v) is 53.2. The van der Waals surface area contributed by atoms with Crippen molar-refractivity contribution in [1.82, 2.24) is 5.32 Å². The number of hydrogen-bond acceptors (Lipinski definition) is 7. The minimum absolute atomic E-state index is 0.0377. The van der Waals surface area contributed by atoms with Crippen molar-refractivity contribution in [3.8, 4) is 0 Å². The lowest BCUT2D eigenvalue weighted by Gasteiger charge is -2.30. The molecule has 10 heteroatoms. The van der Waals surface area contributed by atoms with Crippen molar-refractivity contribution in [1.29, 1.82) is 0 Å². The highest BCUT2D eigenvalue weighted by Crippen LogP contribution is 2.38. The molecule has 79 heavy (non-hydrogen) atoms. The largest absolute Gasteiger partial charge is 0.756 e. The molecule has 0 aliphatic rings. The van der Waals surface area contributed by atoms with Crippen LogP contribution in [0.25, 0.3) is 0 Å². The van der Waals surface area contributed by atoms with E-state index in [1.807, 2.05) is 45.4 Å². The number of unbranched alkanes of at least 4 members (excludes halogenated alkanes) is 31. The van der Waals surface area contributed by atoms with Gasteiger partial charge < -0.3 is 28.5 Å². The first-order chi connectivity index (χ1) is 38.4. The topological polar surface area (TPSA) is 114 Å². The van der Waals surface area contributed by atoms with Crippen molar-refractivity contribution in [2.24, 2.45) is 0 Å². The van der Waals surface area contributed by atoms with Crippen molar-refractivity contribution in [3.05, 3.63) is 85.1 Å². The van der Waals surface area contributed by atoms with Crippen LogP contribution in [-0.2, 0) is 27.9 Å². The second kappa shape index (κ2) is 58.4.